The zero-order valence-electron chi connectivity index (χ0n) is 10.2. The molecular weight excluding hydrogens is 382 g/mol. The Hall–Kier alpha value is 0.0900. The number of rotatable bonds is 7. The largest absolute Gasteiger partial charge is 0.212 e. The van der Waals surface area contributed by atoms with Gasteiger partial charge in [0.2, 0.25) is 10.0 Å². The van der Waals surface area contributed by atoms with Crippen LogP contribution in [0.15, 0.2) is 30.3 Å². The van der Waals surface area contributed by atoms with Gasteiger partial charge >= 0.3 is 0 Å². The van der Waals surface area contributed by atoms with Gasteiger partial charge in [0.1, 0.15) is 0 Å². The molecule has 3 nitrogen and oxygen atoms in total. The maximum absolute atomic E-state index is 12.0. The topological polar surface area (TPSA) is 46.2 Å². The number of hydrogen-bond donors (Lipinski definition) is 1. The number of benzene rings is 1. The van der Waals surface area contributed by atoms with Crippen molar-refractivity contribution in [2.75, 3.05) is 16.4 Å². The summed E-state index contributed by atoms with van der Waals surface area (Å²) < 4.78 is 26.7. The van der Waals surface area contributed by atoms with Crippen molar-refractivity contribution in [2.24, 2.45) is 0 Å². The summed E-state index contributed by atoms with van der Waals surface area (Å²) in [5.41, 5.74) is 0.539. The van der Waals surface area contributed by atoms with Crippen LogP contribution in [0.25, 0.3) is 0 Å². The molecule has 0 saturated heterocycles. The standard InChI is InChI=1S/C12H17Br2NO2S/c1-12(9-13,10-14)15-18(16,17)8-7-11-5-3-2-4-6-11/h2-6,15H,7-10H2,1H3. The molecule has 102 valence electrons. The highest BCUT2D eigenvalue weighted by Gasteiger charge is 2.27. The zero-order valence-corrected chi connectivity index (χ0v) is 14.2. The normalized spacial score (nSPS) is 12.6. The van der Waals surface area contributed by atoms with E-state index in [0.29, 0.717) is 17.1 Å². The van der Waals surface area contributed by atoms with Crippen molar-refractivity contribution in [1.82, 2.24) is 4.72 Å². The van der Waals surface area contributed by atoms with E-state index < -0.39 is 15.6 Å². The molecule has 1 aromatic carbocycles. The van der Waals surface area contributed by atoms with Crippen LogP contribution in [0.2, 0.25) is 0 Å². The molecule has 0 aliphatic carbocycles. The predicted molar refractivity (Wildman–Crippen MR) is 83.1 cm³/mol. The van der Waals surface area contributed by atoms with Gasteiger partial charge in [-0.2, -0.15) is 0 Å². The lowest BCUT2D eigenvalue weighted by Crippen LogP contribution is -2.49. The molecule has 0 aromatic heterocycles. The first-order valence-electron chi connectivity index (χ1n) is 5.58. The molecule has 0 bridgehead atoms. The third-order valence-corrected chi connectivity index (χ3v) is 6.51. The second-order valence-corrected chi connectivity index (χ2v) is 7.45. The Balaban J connectivity index is 2.61. The van der Waals surface area contributed by atoms with Gasteiger partial charge in [0.25, 0.3) is 0 Å². The lowest BCUT2D eigenvalue weighted by atomic mass is 10.1. The van der Waals surface area contributed by atoms with Crippen molar-refractivity contribution >= 4 is 41.9 Å². The van der Waals surface area contributed by atoms with Gasteiger partial charge in [-0.25, -0.2) is 13.1 Å². The van der Waals surface area contributed by atoms with Crippen molar-refractivity contribution in [1.29, 1.82) is 0 Å². The maximum atomic E-state index is 12.0. The fraction of sp³-hybridized carbons (Fsp3) is 0.500. The summed E-state index contributed by atoms with van der Waals surface area (Å²) in [6, 6.07) is 9.61. The van der Waals surface area contributed by atoms with Crippen molar-refractivity contribution in [3.63, 3.8) is 0 Å². The Labute approximate surface area is 126 Å². The fourth-order valence-corrected chi connectivity index (χ4v) is 4.50. The summed E-state index contributed by atoms with van der Waals surface area (Å²) in [4.78, 5) is 0. The van der Waals surface area contributed by atoms with Crippen LogP contribution in [0.4, 0.5) is 0 Å². The minimum Gasteiger partial charge on any atom is -0.212 e. The number of nitrogens with one attached hydrogen (secondary N) is 1. The highest BCUT2D eigenvalue weighted by Crippen LogP contribution is 2.13. The molecule has 0 aliphatic heterocycles. The van der Waals surface area contributed by atoms with Crippen LogP contribution >= 0.6 is 31.9 Å². The number of alkyl halides is 2. The maximum Gasteiger partial charge on any atom is 0.212 e. The number of halogens is 2. The van der Waals surface area contributed by atoms with Crippen LogP contribution in [-0.2, 0) is 16.4 Å². The van der Waals surface area contributed by atoms with E-state index in [4.69, 9.17) is 0 Å². The Morgan fingerprint density at radius 1 is 1.17 bits per heavy atom. The van der Waals surface area contributed by atoms with Gasteiger partial charge in [0.15, 0.2) is 0 Å². The van der Waals surface area contributed by atoms with Crippen molar-refractivity contribution in [2.45, 2.75) is 18.9 Å². The van der Waals surface area contributed by atoms with Gasteiger partial charge in [0.05, 0.1) is 5.75 Å². The summed E-state index contributed by atoms with van der Waals surface area (Å²) in [6.45, 7) is 1.86. The Bertz CT molecular complexity index is 458. The van der Waals surface area contributed by atoms with Crippen LogP contribution in [0.5, 0.6) is 0 Å². The minimum atomic E-state index is -3.27. The molecule has 0 fully saturated rings. The molecule has 0 atom stereocenters. The third-order valence-electron chi connectivity index (χ3n) is 2.49. The predicted octanol–water partition coefficient (Wildman–Crippen LogP) is 2.70. The third kappa shape index (κ3) is 5.38. The molecule has 0 amide bonds. The Morgan fingerprint density at radius 3 is 2.22 bits per heavy atom. The Morgan fingerprint density at radius 2 is 1.72 bits per heavy atom. The molecule has 1 aromatic rings. The van der Waals surface area contributed by atoms with Gasteiger partial charge in [-0.3, -0.25) is 0 Å². The summed E-state index contributed by atoms with van der Waals surface area (Å²) in [5.74, 6) is 0.104. The van der Waals surface area contributed by atoms with Crippen LogP contribution in [0.1, 0.15) is 12.5 Å². The number of sulfonamides is 1. The summed E-state index contributed by atoms with van der Waals surface area (Å²) >= 11 is 6.65. The smallest absolute Gasteiger partial charge is 0.212 e. The molecule has 0 spiro atoms. The molecule has 0 aliphatic rings. The molecule has 1 rings (SSSR count). The minimum absolute atomic E-state index is 0.104. The van der Waals surface area contributed by atoms with Crippen molar-refractivity contribution in [3.8, 4) is 0 Å². The number of aryl methyl sites for hydroxylation is 1. The van der Waals surface area contributed by atoms with E-state index in [1.165, 1.54) is 0 Å². The average molecular weight is 399 g/mol. The lowest BCUT2D eigenvalue weighted by molar-refractivity contribution is 0.508. The number of hydrogen-bond acceptors (Lipinski definition) is 2. The van der Waals surface area contributed by atoms with E-state index in [1.54, 1.807) is 0 Å². The van der Waals surface area contributed by atoms with E-state index in [2.05, 4.69) is 36.6 Å². The monoisotopic (exact) mass is 397 g/mol. The SMILES string of the molecule is CC(CBr)(CBr)NS(=O)(=O)CCc1ccccc1. The summed E-state index contributed by atoms with van der Waals surface area (Å²) in [7, 11) is -3.27. The second kappa shape index (κ2) is 7.03. The van der Waals surface area contributed by atoms with Gasteiger partial charge in [-0.1, -0.05) is 62.2 Å². The molecular formula is C12H17Br2NO2S. The lowest BCUT2D eigenvalue weighted by Gasteiger charge is -2.26. The van der Waals surface area contributed by atoms with Gasteiger partial charge in [0, 0.05) is 16.2 Å². The van der Waals surface area contributed by atoms with Crippen LogP contribution in [0.3, 0.4) is 0 Å². The van der Waals surface area contributed by atoms with E-state index in [0.717, 1.165) is 5.56 Å². The van der Waals surface area contributed by atoms with E-state index in [-0.39, 0.29) is 5.75 Å². The summed E-state index contributed by atoms with van der Waals surface area (Å²) in [5, 5.41) is 1.13. The van der Waals surface area contributed by atoms with Crippen LogP contribution in [0, 0.1) is 0 Å². The van der Waals surface area contributed by atoms with Crippen molar-refractivity contribution < 1.29 is 8.42 Å². The van der Waals surface area contributed by atoms with E-state index >= 15 is 0 Å². The first-order valence-corrected chi connectivity index (χ1v) is 9.48. The van der Waals surface area contributed by atoms with Crippen LogP contribution in [-0.4, -0.2) is 30.4 Å². The van der Waals surface area contributed by atoms with E-state index in [1.807, 2.05) is 37.3 Å². The second-order valence-electron chi connectivity index (χ2n) is 4.48. The average Bonchev–Trinajstić information content (AvgIpc) is 2.37. The van der Waals surface area contributed by atoms with Crippen LogP contribution < -0.4 is 4.72 Å². The first kappa shape index (κ1) is 16.1. The first-order chi connectivity index (χ1) is 8.41. The molecule has 6 heteroatoms. The molecule has 0 heterocycles. The Kier molecular flexibility index (Phi) is 6.30. The zero-order chi connectivity index (χ0) is 13.6. The summed E-state index contributed by atoms with van der Waals surface area (Å²) in [6.07, 6.45) is 0.525. The highest BCUT2D eigenvalue weighted by molar-refractivity contribution is 9.09. The van der Waals surface area contributed by atoms with Gasteiger partial charge < -0.3 is 0 Å². The highest BCUT2D eigenvalue weighted by atomic mass is 79.9. The van der Waals surface area contributed by atoms with Crippen molar-refractivity contribution in [3.05, 3.63) is 35.9 Å². The molecule has 0 radical (unpaired) electrons. The molecule has 1 N–H and O–H groups in total. The quantitative estimate of drug-likeness (QED) is 0.717. The fourth-order valence-electron chi connectivity index (χ4n) is 1.41. The van der Waals surface area contributed by atoms with Gasteiger partial charge in [-0.15, -0.1) is 0 Å². The molecule has 0 unspecified atom stereocenters. The van der Waals surface area contributed by atoms with E-state index in [9.17, 15) is 8.42 Å². The van der Waals surface area contributed by atoms with Gasteiger partial charge in [-0.05, 0) is 18.9 Å². The molecule has 18 heavy (non-hydrogen) atoms. The molecule has 0 saturated carbocycles.